The maximum atomic E-state index is 12.0. The molecule has 6 heteroatoms. The number of hydrogen-bond donors (Lipinski definition) is 1. The lowest BCUT2D eigenvalue weighted by Gasteiger charge is -2.08. The van der Waals surface area contributed by atoms with Gasteiger partial charge in [0.25, 0.3) is 0 Å². The number of halogens is 1. The second-order valence-electron chi connectivity index (χ2n) is 5.90. The number of rotatable bonds is 5. The van der Waals surface area contributed by atoms with E-state index in [2.05, 4.69) is 36.0 Å². The highest BCUT2D eigenvalue weighted by Crippen LogP contribution is 2.14. The van der Waals surface area contributed by atoms with Gasteiger partial charge in [0.1, 0.15) is 11.6 Å². The van der Waals surface area contributed by atoms with E-state index in [1.165, 1.54) is 19.3 Å². The van der Waals surface area contributed by atoms with E-state index in [0.29, 0.717) is 13.0 Å². The molecule has 3 rings (SSSR count). The molecule has 23 heavy (non-hydrogen) atoms. The van der Waals surface area contributed by atoms with Crippen molar-refractivity contribution < 1.29 is 4.79 Å². The van der Waals surface area contributed by atoms with Crippen LogP contribution < -0.4 is 5.32 Å². The number of carbonyl (C=O) groups is 1. The van der Waals surface area contributed by atoms with Gasteiger partial charge >= 0.3 is 0 Å². The smallest absolute Gasteiger partial charge is 0.224 e. The number of carbonyl (C=O) groups excluding carboxylic acids is 1. The van der Waals surface area contributed by atoms with E-state index in [4.69, 9.17) is 0 Å². The lowest BCUT2D eigenvalue weighted by Crippen LogP contribution is -2.28. The zero-order valence-electron chi connectivity index (χ0n) is 13.1. The van der Waals surface area contributed by atoms with E-state index in [1.807, 2.05) is 24.3 Å². The van der Waals surface area contributed by atoms with Crippen molar-refractivity contribution in [3.8, 4) is 0 Å². The Balaban J connectivity index is 1.48. The van der Waals surface area contributed by atoms with Crippen LogP contribution >= 0.6 is 15.9 Å². The molecule has 1 amide bonds. The molecular weight excluding hydrogens is 356 g/mol. The Morgan fingerprint density at radius 1 is 1.17 bits per heavy atom. The van der Waals surface area contributed by atoms with E-state index in [0.717, 1.165) is 41.1 Å². The fraction of sp³-hybridized carbons (Fsp3) is 0.471. The van der Waals surface area contributed by atoms with Gasteiger partial charge in [-0.25, -0.2) is 0 Å². The maximum Gasteiger partial charge on any atom is 0.224 e. The Kier molecular flexibility index (Phi) is 5.43. The summed E-state index contributed by atoms with van der Waals surface area (Å²) in [5, 5.41) is 11.5. The first-order valence-electron chi connectivity index (χ1n) is 8.14. The van der Waals surface area contributed by atoms with Crippen molar-refractivity contribution in [2.45, 2.75) is 45.1 Å². The van der Waals surface area contributed by atoms with E-state index < -0.39 is 0 Å². The SMILES string of the molecule is O=C(Cc1ccc(Br)cc1)NCCc1nnc2n1CCCCC2. The number of fused-ring (bicyclic) bond motifs is 1. The minimum absolute atomic E-state index is 0.0444. The van der Waals surface area contributed by atoms with Crippen molar-refractivity contribution in [2.75, 3.05) is 6.54 Å². The molecule has 122 valence electrons. The third kappa shape index (κ3) is 4.41. The van der Waals surface area contributed by atoms with E-state index in [1.54, 1.807) is 0 Å². The standard InChI is InChI=1S/C17H21BrN4O/c18-14-7-5-13(6-8-14)12-17(23)19-10-9-16-21-20-15-4-2-1-3-11-22(15)16/h5-8H,1-4,9-12H2,(H,19,23). The van der Waals surface area contributed by atoms with Crippen molar-refractivity contribution in [1.29, 1.82) is 0 Å². The van der Waals surface area contributed by atoms with Crippen molar-refractivity contribution in [2.24, 2.45) is 0 Å². The van der Waals surface area contributed by atoms with Crippen LogP contribution in [0.4, 0.5) is 0 Å². The van der Waals surface area contributed by atoms with Gasteiger partial charge in [0, 0.05) is 30.4 Å². The van der Waals surface area contributed by atoms with Gasteiger partial charge in [0.15, 0.2) is 0 Å². The van der Waals surface area contributed by atoms with Crippen LogP contribution in [0.1, 0.15) is 36.5 Å². The normalized spacial score (nSPS) is 14.1. The van der Waals surface area contributed by atoms with Gasteiger partial charge in [-0.2, -0.15) is 0 Å². The number of amides is 1. The van der Waals surface area contributed by atoms with Crippen LogP contribution in [0.5, 0.6) is 0 Å². The molecule has 1 aliphatic heterocycles. The summed E-state index contributed by atoms with van der Waals surface area (Å²) < 4.78 is 3.25. The van der Waals surface area contributed by atoms with Crippen LogP contribution in [0.2, 0.25) is 0 Å². The van der Waals surface area contributed by atoms with Crippen LogP contribution in [-0.2, 0) is 30.6 Å². The average Bonchev–Trinajstić information content (AvgIpc) is 2.78. The summed E-state index contributed by atoms with van der Waals surface area (Å²) in [6.45, 7) is 1.61. The fourth-order valence-corrected chi connectivity index (χ4v) is 3.16. The van der Waals surface area contributed by atoms with Gasteiger partial charge in [0.05, 0.1) is 6.42 Å². The number of benzene rings is 1. The molecule has 1 aromatic heterocycles. The Hall–Kier alpha value is -1.69. The molecule has 0 saturated heterocycles. The topological polar surface area (TPSA) is 59.8 Å². The summed E-state index contributed by atoms with van der Waals surface area (Å²) in [6.07, 6.45) is 5.80. The van der Waals surface area contributed by atoms with Crippen LogP contribution in [0.15, 0.2) is 28.7 Å². The first-order chi connectivity index (χ1) is 11.2. The summed E-state index contributed by atoms with van der Waals surface area (Å²) >= 11 is 3.40. The highest BCUT2D eigenvalue weighted by molar-refractivity contribution is 9.10. The van der Waals surface area contributed by atoms with Crippen LogP contribution in [0.25, 0.3) is 0 Å². The second kappa shape index (κ2) is 7.73. The molecule has 0 atom stereocenters. The first kappa shape index (κ1) is 16.2. The second-order valence-corrected chi connectivity index (χ2v) is 6.81. The van der Waals surface area contributed by atoms with E-state index in [-0.39, 0.29) is 5.91 Å². The molecular formula is C17H21BrN4O. The Labute approximate surface area is 144 Å². The first-order valence-corrected chi connectivity index (χ1v) is 8.94. The van der Waals surface area contributed by atoms with Crippen molar-refractivity contribution in [3.63, 3.8) is 0 Å². The quantitative estimate of drug-likeness (QED) is 0.872. The summed E-state index contributed by atoms with van der Waals surface area (Å²) in [4.78, 5) is 12.0. The maximum absolute atomic E-state index is 12.0. The largest absolute Gasteiger partial charge is 0.355 e. The lowest BCUT2D eigenvalue weighted by molar-refractivity contribution is -0.120. The predicted octanol–water partition coefficient (Wildman–Crippen LogP) is 2.67. The highest BCUT2D eigenvalue weighted by Gasteiger charge is 2.14. The summed E-state index contributed by atoms with van der Waals surface area (Å²) in [5.74, 6) is 2.13. The Bertz CT molecular complexity index is 666. The molecule has 0 radical (unpaired) electrons. The molecule has 2 heterocycles. The number of nitrogens with one attached hydrogen (secondary N) is 1. The molecule has 0 aliphatic carbocycles. The number of aryl methyl sites for hydroxylation is 1. The average molecular weight is 377 g/mol. The molecule has 2 aromatic rings. The summed E-state index contributed by atoms with van der Waals surface area (Å²) in [5.41, 5.74) is 1.02. The van der Waals surface area contributed by atoms with Crippen molar-refractivity contribution >= 4 is 21.8 Å². The molecule has 1 N–H and O–H groups in total. The number of hydrogen-bond acceptors (Lipinski definition) is 3. The third-order valence-corrected chi connectivity index (χ3v) is 4.66. The van der Waals surface area contributed by atoms with Gasteiger partial charge in [-0.15, -0.1) is 10.2 Å². The molecule has 1 aromatic carbocycles. The molecule has 0 fully saturated rings. The molecule has 0 spiro atoms. The zero-order chi connectivity index (χ0) is 16.1. The third-order valence-electron chi connectivity index (χ3n) is 4.13. The zero-order valence-corrected chi connectivity index (χ0v) is 14.7. The summed E-state index contributed by atoms with van der Waals surface area (Å²) in [6, 6.07) is 7.83. The van der Waals surface area contributed by atoms with Gasteiger partial charge in [-0.05, 0) is 30.5 Å². The molecule has 0 unspecified atom stereocenters. The molecule has 1 aliphatic rings. The van der Waals surface area contributed by atoms with Crippen molar-refractivity contribution in [1.82, 2.24) is 20.1 Å². The van der Waals surface area contributed by atoms with E-state index >= 15 is 0 Å². The van der Waals surface area contributed by atoms with Crippen LogP contribution in [0.3, 0.4) is 0 Å². The minimum Gasteiger partial charge on any atom is -0.355 e. The van der Waals surface area contributed by atoms with Crippen LogP contribution in [0, 0.1) is 0 Å². The number of aromatic nitrogens is 3. The highest BCUT2D eigenvalue weighted by atomic mass is 79.9. The van der Waals surface area contributed by atoms with E-state index in [9.17, 15) is 4.79 Å². The summed E-state index contributed by atoms with van der Waals surface area (Å²) in [7, 11) is 0. The fourth-order valence-electron chi connectivity index (χ4n) is 2.89. The van der Waals surface area contributed by atoms with Gasteiger partial charge < -0.3 is 9.88 Å². The minimum atomic E-state index is 0.0444. The monoisotopic (exact) mass is 376 g/mol. The molecule has 5 nitrogen and oxygen atoms in total. The van der Waals surface area contributed by atoms with Gasteiger partial charge in [0.2, 0.25) is 5.91 Å². The van der Waals surface area contributed by atoms with Gasteiger partial charge in [-0.1, -0.05) is 34.5 Å². The van der Waals surface area contributed by atoms with Crippen molar-refractivity contribution in [3.05, 3.63) is 46.0 Å². The Morgan fingerprint density at radius 3 is 2.83 bits per heavy atom. The van der Waals surface area contributed by atoms with Crippen LogP contribution in [-0.4, -0.2) is 27.2 Å². The Morgan fingerprint density at radius 2 is 2.00 bits per heavy atom. The molecule has 0 saturated carbocycles. The lowest BCUT2D eigenvalue weighted by atomic mass is 10.1. The predicted molar refractivity (Wildman–Crippen MR) is 92.1 cm³/mol. The van der Waals surface area contributed by atoms with Gasteiger partial charge in [-0.3, -0.25) is 4.79 Å². The number of nitrogens with zero attached hydrogens (tertiary/aromatic N) is 3. The molecule has 0 bridgehead atoms.